The average Bonchev–Trinajstić information content (AvgIpc) is 2.50. The molecule has 3 nitrogen and oxygen atoms in total. The lowest BCUT2D eigenvalue weighted by atomic mass is 9.93. The first kappa shape index (κ1) is 17.2. The number of unbranched alkanes of at least 4 members (excludes halogenated alkanes) is 1. The Balaban J connectivity index is 2.24. The van der Waals surface area contributed by atoms with Crippen molar-refractivity contribution in [2.24, 2.45) is 0 Å². The Labute approximate surface area is 123 Å². The lowest BCUT2D eigenvalue weighted by Gasteiger charge is -2.17. The smallest absolute Gasteiger partial charge is 0.0700 e. The van der Waals surface area contributed by atoms with Crippen LogP contribution in [0.25, 0.3) is 0 Å². The van der Waals surface area contributed by atoms with Crippen molar-refractivity contribution in [3.63, 3.8) is 0 Å². The summed E-state index contributed by atoms with van der Waals surface area (Å²) in [5.74, 6) is 0.607. The second-order valence-corrected chi connectivity index (χ2v) is 5.02. The zero-order chi connectivity index (χ0) is 14.5. The second-order valence-electron chi connectivity index (χ2n) is 5.02. The van der Waals surface area contributed by atoms with E-state index < -0.39 is 0 Å². The molecule has 0 heterocycles. The average molecular weight is 279 g/mol. The van der Waals surface area contributed by atoms with E-state index in [-0.39, 0.29) is 0 Å². The number of benzene rings is 1. The van der Waals surface area contributed by atoms with Gasteiger partial charge in [0.2, 0.25) is 0 Å². The molecule has 1 N–H and O–H groups in total. The van der Waals surface area contributed by atoms with Crippen LogP contribution in [0.3, 0.4) is 0 Å². The van der Waals surface area contributed by atoms with Crippen molar-refractivity contribution >= 4 is 0 Å². The van der Waals surface area contributed by atoms with E-state index in [9.17, 15) is 0 Å². The van der Waals surface area contributed by atoms with E-state index in [0.29, 0.717) is 19.1 Å². The molecule has 1 atom stereocenters. The third kappa shape index (κ3) is 7.63. The third-order valence-electron chi connectivity index (χ3n) is 3.43. The fourth-order valence-electron chi connectivity index (χ4n) is 2.27. The van der Waals surface area contributed by atoms with E-state index in [1.54, 1.807) is 7.11 Å². The normalized spacial score (nSPS) is 12.5. The van der Waals surface area contributed by atoms with Crippen molar-refractivity contribution in [2.75, 3.05) is 40.0 Å². The number of ether oxygens (including phenoxy) is 2. The fraction of sp³-hybridized carbons (Fsp3) is 0.647. The summed E-state index contributed by atoms with van der Waals surface area (Å²) in [6.45, 7) is 6.48. The second kappa shape index (κ2) is 11.9. The zero-order valence-electron chi connectivity index (χ0n) is 12.9. The minimum atomic E-state index is 0.607. The Bertz CT molecular complexity index is 316. The lowest BCUT2D eigenvalue weighted by Crippen LogP contribution is -2.21. The van der Waals surface area contributed by atoms with Crippen LogP contribution in [-0.4, -0.2) is 40.0 Å². The van der Waals surface area contributed by atoms with Crippen LogP contribution < -0.4 is 5.32 Å². The van der Waals surface area contributed by atoms with E-state index in [4.69, 9.17) is 9.47 Å². The van der Waals surface area contributed by atoms with Gasteiger partial charge < -0.3 is 14.8 Å². The molecule has 0 amide bonds. The van der Waals surface area contributed by atoms with E-state index in [0.717, 1.165) is 26.1 Å². The number of likely N-dealkylation sites (N-methyl/N-ethyl adjacent to an activating group) is 1. The topological polar surface area (TPSA) is 30.5 Å². The number of methoxy groups -OCH3 is 1. The molecule has 0 aliphatic heterocycles. The molecule has 114 valence electrons. The molecule has 0 bridgehead atoms. The van der Waals surface area contributed by atoms with Crippen LogP contribution in [0.1, 0.15) is 37.7 Å². The maximum atomic E-state index is 5.50. The molecule has 0 aliphatic rings. The van der Waals surface area contributed by atoms with Crippen LogP contribution in [0.4, 0.5) is 0 Å². The van der Waals surface area contributed by atoms with Gasteiger partial charge in [-0.2, -0.15) is 0 Å². The van der Waals surface area contributed by atoms with E-state index in [1.165, 1.54) is 18.4 Å². The SMILES string of the molecule is CCNCC(CCCCOCCOC)c1ccccc1. The van der Waals surface area contributed by atoms with Gasteiger partial charge in [-0.15, -0.1) is 0 Å². The van der Waals surface area contributed by atoms with Gasteiger partial charge in [0.15, 0.2) is 0 Å². The van der Waals surface area contributed by atoms with Crippen LogP contribution in [0.2, 0.25) is 0 Å². The quantitative estimate of drug-likeness (QED) is 0.596. The van der Waals surface area contributed by atoms with Gasteiger partial charge in [-0.25, -0.2) is 0 Å². The summed E-state index contributed by atoms with van der Waals surface area (Å²) < 4.78 is 10.5. The Morgan fingerprint density at radius 1 is 1.05 bits per heavy atom. The predicted octanol–water partition coefficient (Wildman–Crippen LogP) is 3.21. The van der Waals surface area contributed by atoms with Gasteiger partial charge in [0.05, 0.1) is 13.2 Å². The van der Waals surface area contributed by atoms with Gasteiger partial charge in [-0.1, -0.05) is 43.7 Å². The molecule has 0 saturated heterocycles. The third-order valence-corrected chi connectivity index (χ3v) is 3.43. The Morgan fingerprint density at radius 2 is 1.85 bits per heavy atom. The molecular weight excluding hydrogens is 250 g/mol. The maximum Gasteiger partial charge on any atom is 0.0700 e. The van der Waals surface area contributed by atoms with Gasteiger partial charge in [-0.05, 0) is 30.9 Å². The van der Waals surface area contributed by atoms with Crippen molar-refractivity contribution < 1.29 is 9.47 Å². The summed E-state index contributed by atoms with van der Waals surface area (Å²) in [5, 5.41) is 3.47. The summed E-state index contributed by atoms with van der Waals surface area (Å²) >= 11 is 0. The molecule has 1 aromatic carbocycles. The number of rotatable bonds is 12. The van der Waals surface area contributed by atoms with Crippen LogP contribution in [0.15, 0.2) is 30.3 Å². The molecule has 1 unspecified atom stereocenters. The largest absolute Gasteiger partial charge is 0.382 e. The summed E-state index contributed by atoms with van der Waals surface area (Å²) in [7, 11) is 1.70. The van der Waals surface area contributed by atoms with Gasteiger partial charge >= 0.3 is 0 Å². The van der Waals surface area contributed by atoms with Crippen molar-refractivity contribution in [3.05, 3.63) is 35.9 Å². The Hall–Kier alpha value is -0.900. The lowest BCUT2D eigenvalue weighted by molar-refractivity contribution is 0.0684. The summed E-state index contributed by atoms with van der Waals surface area (Å²) in [4.78, 5) is 0. The highest BCUT2D eigenvalue weighted by Crippen LogP contribution is 2.21. The molecule has 0 fully saturated rings. The first-order valence-electron chi connectivity index (χ1n) is 7.70. The first-order chi connectivity index (χ1) is 9.88. The molecule has 0 saturated carbocycles. The zero-order valence-corrected chi connectivity index (χ0v) is 12.9. The van der Waals surface area contributed by atoms with Crippen LogP contribution in [-0.2, 0) is 9.47 Å². The molecule has 0 radical (unpaired) electrons. The molecular formula is C17H29NO2. The Kier molecular flexibility index (Phi) is 10.2. The van der Waals surface area contributed by atoms with Gasteiger partial charge in [-0.3, -0.25) is 0 Å². The molecule has 1 rings (SSSR count). The highest BCUT2D eigenvalue weighted by atomic mass is 16.5. The molecule has 0 aliphatic carbocycles. The summed E-state index contributed by atoms with van der Waals surface area (Å²) in [6.07, 6.45) is 3.54. The number of hydrogen-bond donors (Lipinski definition) is 1. The highest BCUT2D eigenvalue weighted by molar-refractivity contribution is 5.19. The fourth-order valence-corrected chi connectivity index (χ4v) is 2.27. The standard InChI is InChI=1S/C17H29NO2/c1-3-18-15-17(16-9-5-4-6-10-16)11-7-8-12-20-14-13-19-2/h4-6,9-10,17-18H,3,7-8,11-15H2,1-2H3. The number of hydrogen-bond acceptors (Lipinski definition) is 3. The molecule has 3 heteroatoms. The van der Waals surface area contributed by atoms with Gasteiger partial charge in [0.1, 0.15) is 0 Å². The Morgan fingerprint density at radius 3 is 2.55 bits per heavy atom. The van der Waals surface area contributed by atoms with Crippen molar-refractivity contribution in [1.82, 2.24) is 5.32 Å². The predicted molar refractivity (Wildman–Crippen MR) is 84.3 cm³/mol. The van der Waals surface area contributed by atoms with Gasteiger partial charge in [0.25, 0.3) is 0 Å². The van der Waals surface area contributed by atoms with E-state index in [1.807, 2.05) is 0 Å². The number of nitrogens with one attached hydrogen (secondary N) is 1. The van der Waals surface area contributed by atoms with E-state index in [2.05, 4.69) is 42.6 Å². The molecule has 20 heavy (non-hydrogen) atoms. The van der Waals surface area contributed by atoms with E-state index >= 15 is 0 Å². The maximum absolute atomic E-state index is 5.50. The summed E-state index contributed by atoms with van der Waals surface area (Å²) in [6, 6.07) is 10.8. The first-order valence-corrected chi connectivity index (χ1v) is 7.70. The van der Waals surface area contributed by atoms with Crippen molar-refractivity contribution in [2.45, 2.75) is 32.1 Å². The van der Waals surface area contributed by atoms with Gasteiger partial charge in [0, 0.05) is 20.3 Å². The highest BCUT2D eigenvalue weighted by Gasteiger charge is 2.10. The van der Waals surface area contributed by atoms with Crippen molar-refractivity contribution in [1.29, 1.82) is 0 Å². The monoisotopic (exact) mass is 279 g/mol. The van der Waals surface area contributed by atoms with Crippen LogP contribution >= 0.6 is 0 Å². The van der Waals surface area contributed by atoms with Crippen molar-refractivity contribution in [3.8, 4) is 0 Å². The van der Waals surface area contributed by atoms with Crippen LogP contribution in [0, 0.1) is 0 Å². The molecule has 0 aromatic heterocycles. The summed E-state index contributed by atoms with van der Waals surface area (Å²) in [5.41, 5.74) is 1.44. The minimum absolute atomic E-state index is 0.607. The molecule has 1 aromatic rings. The van der Waals surface area contributed by atoms with Crippen LogP contribution in [0.5, 0.6) is 0 Å². The minimum Gasteiger partial charge on any atom is -0.382 e. The molecule has 0 spiro atoms.